The highest BCUT2D eigenvalue weighted by atomic mass is 35.5. The van der Waals surface area contributed by atoms with Crippen molar-refractivity contribution < 1.29 is 0 Å². The largest absolute Gasteiger partial charge is 0.371 e. The molecule has 1 unspecified atom stereocenters. The van der Waals surface area contributed by atoms with Gasteiger partial charge in [0.1, 0.15) is 0 Å². The number of hydrogen-bond donors (Lipinski definition) is 1. The molecule has 1 aromatic rings. The van der Waals surface area contributed by atoms with Crippen LogP contribution in [0.1, 0.15) is 6.92 Å². The van der Waals surface area contributed by atoms with E-state index in [1.165, 1.54) is 0 Å². The summed E-state index contributed by atoms with van der Waals surface area (Å²) in [4.78, 5) is 0. The van der Waals surface area contributed by atoms with Gasteiger partial charge < -0.3 is 5.32 Å². The molecule has 0 saturated carbocycles. The average molecular weight is 214 g/mol. The molecule has 0 aromatic heterocycles. The van der Waals surface area contributed by atoms with Crippen molar-refractivity contribution in [2.45, 2.75) is 13.0 Å². The van der Waals surface area contributed by atoms with Crippen LogP contribution in [0.4, 0.5) is 5.69 Å². The van der Waals surface area contributed by atoms with Gasteiger partial charge in [0.05, 0.1) is 16.8 Å². The molecule has 1 nitrogen and oxygen atoms in total. The van der Waals surface area contributed by atoms with Crippen molar-refractivity contribution in [2.24, 2.45) is 0 Å². The number of halogens is 2. The molecule has 3 heteroatoms. The molecule has 13 heavy (non-hydrogen) atoms. The van der Waals surface area contributed by atoms with Crippen molar-refractivity contribution in [2.75, 3.05) is 5.32 Å². The van der Waals surface area contributed by atoms with Crippen LogP contribution in [0.3, 0.4) is 0 Å². The van der Waals surface area contributed by atoms with Crippen molar-refractivity contribution in [3.05, 3.63) is 28.2 Å². The van der Waals surface area contributed by atoms with Gasteiger partial charge in [0, 0.05) is 5.02 Å². The van der Waals surface area contributed by atoms with Gasteiger partial charge in [-0.15, -0.1) is 6.42 Å². The second-order valence-electron chi connectivity index (χ2n) is 2.66. The molecule has 1 N–H and O–H groups in total. The van der Waals surface area contributed by atoms with E-state index in [0.717, 1.165) is 5.69 Å². The Hall–Kier alpha value is -0.840. The fourth-order valence-corrected chi connectivity index (χ4v) is 1.23. The second kappa shape index (κ2) is 4.41. The van der Waals surface area contributed by atoms with E-state index in [1.807, 2.05) is 6.92 Å². The number of anilines is 1. The fourth-order valence-electron chi connectivity index (χ4n) is 0.883. The molecular weight excluding hydrogens is 205 g/mol. The predicted octanol–water partition coefficient (Wildman–Crippen LogP) is 3.43. The van der Waals surface area contributed by atoms with Gasteiger partial charge in [-0.2, -0.15) is 0 Å². The van der Waals surface area contributed by atoms with Crippen LogP contribution in [0.5, 0.6) is 0 Å². The van der Waals surface area contributed by atoms with Crippen LogP contribution >= 0.6 is 23.2 Å². The van der Waals surface area contributed by atoms with Crippen molar-refractivity contribution in [3.63, 3.8) is 0 Å². The zero-order chi connectivity index (χ0) is 9.84. The SMILES string of the molecule is C#CC(C)Nc1cc(Cl)ccc1Cl. The summed E-state index contributed by atoms with van der Waals surface area (Å²) >= 11 is 11.7. The van der Waals surface area contributed by atoms with Gasteiger partial charge in [0.15, 0.2) is 0 Å². The summed E-state index contributed by atoms with van der Waals surface area (Å²) in [6.45, 7) is 1.87. The standard InChI is InChI=1S/C10H9Cl2N/c1-3-7(2)13-10-6-8(11)4-5-9(10)12/h1,4-7,13H,2H3. The minimum Gasteiger partial charge on any atom is -0.371 e. The van der Waals surface area contributed by atoms with Crippen LogP contribution in [0.2, 0.25) is 10.0 Å². The number of benzene rings is 1. The third kappa shape index (κ3) is 2.84. The maximum atomic E-state index is 5.91. The topological polar surface area (TPSA) is 12.0 Å². The quantitative estimate of drug-likeness (QED) is 0.743. The summed E-state index contributed by atoms with van der Waals surface area (Å²) in [5.74, 6) is 2.55. The van der Waals surface area contributed by atoms with Crippen molar-refractivity contribution in [1.29, 1.82) is 0 Å². The highest BCUT2D eigenvalue weighted by molar-refractivity contribution is 6.35. The number of hydrogen-bond acceptors (Lipinski definition) is 1. The second-order valence-corrected chi connectivity index (χ2v) is 3.50. The van der Waals surface area contributed by atoms with E-state index in [-0.39, 0.29) is 6.04 Å². The van der Waals surface area contributed by atoms with Crippen molar-refractivity contribution >= 4 is 28.9 Å². The van der Waals surface area contributed by atoms with Gasteiger partial charge >= 0.3 is 0 Å². The monoisotopic (exact) mass is 213 g/mol. The van der Waals surface area contributed by atoms with Gasteiger partial charge in [-0.1, -0.05) is 29.1 Å². The summed E-state index contributed by atoms with van der Waals surface area (Å²) in [6.07, 6.45) is 5.22. The first-order chi connectivity index (χ1) is 6.13. The summed E-state index contributed by atoms with van der Waals surface area (Å²) in [7, 11) is 0. The summed E-state index contributed by atoms with van der Waals surface area (Å²) in [5.41, 5.74) is 0.764. The molecule has 68 valence electrons. The van der Waals surface area contributed by atoms with E-state index >= 15 is 0 Å². The summed E-state index contributed by atoms with van der Waals surface area (Å²) < 4.78 is 0. The molecule has 0 saturated heterocycles. The smallest absolute Gasteiger partial charge is 0.0846 e. The molecule has 0 aliphatic heterocycles. The first kappa shape index (κ1) is 10.2. The lowest BCUT2D eigenvalue weighted by atomic mass is 10.3. The van der Waals surface area contributed by atoms with E-state index in [4.69, 9.17) is 29.6 Å². The maximum Gasteiger partial charge on any atom is 0.0846 e. The van der Waals surface area contributed by atoms with Crippen LogP contribution in [0.15, 0.2) is 18.2 Å². The minimum absolute atomic E-state index is 0.0593. The van der Waals surface area contributed by atoms with Crippen molar-refractivity contribution in [1.82, 2.24) is 0 Å². The Morgan fingerprint density at radius 1 is 1.46 bits per heavy atom. The van der Waals surface area contributed by atoms with Gasteiger partial charge in [-0.3, -0.25) is 0 Å². The molecule has 0 aliphatic rings. The molecule has 0 heterocycles. The first-order valence-corrected chi connectivity index (χ1v) is 4.57. The third-order valence-corrected chi connectivity index (χ3v) is 2.12. The Morgan fingerprint density at radius 2 is 2.15 bits per heavy atom. The van der Waals surface area contributed by atoms with Gasteiger partial charge in [0.25, 0.3) is 0 Å². The molecule has 0 spiro atoms. The number of terminal acetylenes is 1. The molecule has 1 atom stereocenters. The lowest BCUT2D eigenvalue weighted by Gasteiger charge is -2.10. The van der Waals surface area contributed by atoms with Gasteiger partial charge in [-0.25, -0.2) is 0 Å². The van der Waals surface area contributed by atoms with E-state index in [9.17, 15) is 0 Å². The lowest BCUT2D eigenvalue weighted by Crippen LogP contribution is -2.12. The van der Waals surface area contributed by atoms with Crippen LogP contribution in [0, 0.1) is 12.3 Å². The molecule has 0 radical (unpaired) electrons. The number of rotatable bonds is 2. The van der Waals surface area contributed by atoms with Crippen LogP contribution in [0.25, 0.3) is 0 Å². The zero-order valence-electron chi connectivity index (χ0n) is 7.14. The van der Waals surface area contributed by atoms with Gasteiger partial charge in [0.2, 0.25) is 0 Å². The van der Waals surface area contributed by atoms with E-state index in [2.05, 4.69) is 11.2 Å². The molecule has 0 amide bonds. The molecule has 0 bridgehead atoms. The fraction of sp³-hybridized carbons (Fsp3) is 0.200. The number of nitrogens with one attached hydrogen (secondary N) is 1. The Kier molecular flexibility index (Phi) is 3.48. The van der Waals surface area contributed by atoms with Crippen molar-refractivity contribution in [3.8, 4) is 12.3 Å². The predicted molar refractivity (Wildman–Crippen MR) is 58.4 cm³/mol. The van der Waals surface area contributed by atoms with E-state index in [1.54, 1.807) is 18.2 Å². The summed E-state index contributed by atoms with van der Waals surface area (Å²) in [5, 5.41) is 4.30. The molecule has 0 fully saturated rings. The van der Waals surface area contributed by atoms with E-state index in [0.29, 0.717) is 10.0 Å². The first-order valence-electron chi connectivity index (χ1n) is 3.81. The zero-order valence-corrected chi connectivity index (χ0v) is 8.65. The van der Waals surface area contributed by atoms with Crippen LogP contribution in [-0.4, -0.2) is 6.04 Å². The van der Waals surface area contributed by atoms with Gasteiger partial charge in [-0.05, 0) is 25.1 Å². The molecule has 0 aliphatic carbocycles. The normalized spacial score (nSPS) is 11.8. The highest BCUT2D eigenvalue weighted by Crippen LogP contribution is 2.25. The molecular formula is C10H9Cl2N. The molecule has 1 rings (SSSR count). The third-order valence-electron chi connectivity index (χ3n) is 1.55. The maximum absolute atomic E-state index is 5.91. The Balaban J connectivity index is 2.88. The molecule has 1 aromatic carbocycles. The highest BCUT2D eigenvalue weighted by Gasteiger charge is 2.02. The van der Waals surface area contributed by atoms with E-state index < -0.39 is 0 Å². The Morgan fingerprint density at radius 3 is 2.77 bits per heavy atom. The van der Waals surface area contributed by atoms with Crippen LogP contribution in [-0.2, 0) is 0 Å². The average Bonchev–Trinajstić information content (AvgIpc) is 2.11. The Labute approximate surface area is 88.0 Å². The summed E-state index contributed by atoms with van der Waals surface area (Å²) in [6, 6.07) is 5.15. The Bertz CT molecular complexity index is 341. The lowest BCUT2D eigenvalue weighted by molar-refractivity contribution is 1.04. The van der Waals surface area contributed by atoms with Crippen LogP contribution < -0.4 is 5.32 Å². The minimum atomic E-state index is -0.0593.